The van der Waals surface area contributed by atoms with E-state index in [1.54, 1.807) is 12.3 Å². The summed E-state index contributed by atoms with van der Waals surface area (Å²) in [4.78, 5) is 22.4. The second-order valence-corrected chi connectivity index (χ2v) is 5.03. The fourth-order valence-corrected chi connectivity index (χ4v) is 2.87. The molecule has 0 bridgehead atoms. The first-order chi connectivity index (χ1) is 9.28. The molecule has 0 spiro atoms. The molecule has 3 rings (SSSR count). The van der Waals surface area contributed by atoms with Crippen LogP contribution in [0.25, 0.3) is 0 Å². The number of carbonyl (C=O) groups is 1. The summed E-state index contributed by atoms with van der Waals surface area (Å²) in [6, 6.07) is 0. The standard InChI is InChI=1S/C12H14N4O2S/c1-2-18-11(17)9-8-19-12(14-9)16-6-5-15-4-3-13-10(15)7-16/h3-4,8H,2,5-7H2,1H3. The van der Waals surface area contributed by atoms with E-state index in [4.69, 9.17) is 4.74 Å². The number of fused-ring (bicyclic) bond motifs is 1. The summed E-state index contributed by atoms with van der Waals surface area (Å²) in [6.45, 7) is 4.65. The van der Waals surface area contributed by atoms with Gasteiger partial charge in [0.05, 0.1) is 13.2 Å². The van der Waals surface area contributed by atoms with Crippen molar-refractivity contribution in [1.82, 2.24) is 14.5 Å². The lowest BCUT2D eigenvalue weighted by atomic mass is 10.4. The van der Waals surface area contributed by atoms with E-state index < -0.39 is 0 Å². The zero-order chi connectivity index (χ0) is 13.2. The average molecular weight is 278 g/mol. The van der Waals surface area contributed by atoms with Gasteiger partial charge in [0.2, 0.25) is 0 Å². The molecule has 0 fully saturated rings. The molecule has 0 saturated heterocycles. The Balaban J connectivity index is 1.75. The summed E-state index contributed by atoms with van der Waals surface area (Å²) in [5, 5.41) is 2.59. The lowest BCUT2D eigenvalue weighted by Crippen LogP contribution is -2.33. The summed E-state index contributed by atoms with van der Waals surface area (Å²) in [5.74, 6) is 0.669. The average Bonchev–Trinajstić information content (AvgIpc) is 3.07. The zero-order valence-corrected chi connectivity index (χ0v) is 11.4. The highest BCUT2D eigenvalue weighted by Crippen LogP contribution is 2.24. The first kappa shape index (κ1) is 12.2. The number of nitrogens with zero attached hydrogens (tertiary/aromatic N) is 4. The number of hydrogen-bond acceptors (Lipinski definition) is 6. The van der Waals surface area contributed by atoms with Crippen molar-refractivity contribution in [2.24, 2.45) is 0 Å². The number of hydrogen-bond donors (Lipinski definition) is 0. The monoisotopic (exact) mass is 278 g/mol. The van der Waals surface area contributed by atoms with Gasteiger partial charge in [-0.25, -0.2) is 14.8 Å². The summed E-state index contributed by atoms with van der Waals surface area (Å²) in [5.41, 5.74) is 0.385. The third kappa shape index (κ3) is 2.33. The van der Waals surface area contributed by atoms with Crippen molar-refractivity contribution in [1.29, 1.82) is 0 Å². The Morgan fingerprint density at radius 1 is 1.53 bits per heavy atom. The van der Waals surface area contributed by atoms with E-state index in [1.807, 2.05) is 12.4 Å². The minimum absolute atomic E-state index is 0.358. The van der Waals surface area contributed by atoms with Crippen LogP contribution in [0.4, 0.5) is 5.13 Å². The quantitative estimate of drug-likeness (QED) is 0.797. The number of aromatic nitrogens is 3. The van der Waals surface area contributed by atoms with Crippen molar-refractivity contribution >= 4 is 22.4 Å². The first-order valence-corrected chi connectivity index (χ1v) is 7.03. The molecule has 0 radical (unpaired) electrons. The summed E-state index contributed by atoms with van der Waals surface area (Å²) < 4.78 is 7.08. The van der Waals surface area contributed by atoms with Gasteiger partial charge in [-0.05, 0) is 6.92 Å². The molecule has 6 nitrogen and oxygen atoms in total. The highest BCUT2D eigenvalue weighted by Gasteiger charge is 2.21. The third-order valence-electron chi connectivity index (χ3n) is 2.99. The largest absolute Gasteiger partial charge is 0.461 e. The Morgan fingerprint density at radius 2 is 2.42 bits per heavy atom. The van der Waals surface area contributed by atoms with Crippen LogP contribution in [0, 0.1) is 0 Å². The van der Waals surface area contributed by atoms with Crippen molar-refractivity contribution in [2.45, 2.75) is 20.0 Å². The van der Waals surface area contributed by atoms with Crippen LogP contribution in [0.2, 0.25) is 0 Å². The normalized spacial score (nSPS) is 14.3. The molecule has 100 valence electrons. The van der Waals surface area contributed by atoms with Crippen molar-refractivity contribution in [3.63, 3.8) is 0 Å². The molecule has 0 amide bonds. The second-order valence-electron chi connectivity index (χ2n) is 4.19. The van der Waals surface area contributed by atoms with Crippen LogP contribution in [0.3, 0.4) is 0 Å². The Labute approximate surface area is 114 Å². The number of rotatable bonds is 3. The van der Waals surface area contributed by atoms with Gasteiger partial charge in [0.25, 0.3) is 0 Å². The summed E-state index contributed by atoms with van der Waals surface area (Å²) in [7, 11) is 0. The van der Waals surface area contributed by atoms with Crippen LogP contribution < -0.4 is 4.90 Å². The number of carbonyl (C=O) groups excluding carboxylic acids is 1. The number of anilines is 1. The lowest BCUT2D eigenvalue weighted by Gasteiger charge is -2.27. The van der Waals surface area contributed by atoms with Crippen LogP contribution >= 0.6 is 11.3 Å². The molecule has 7 heteroatoms. The molecule has 2 aromatic rings. The molecule has 0 unspecified atom stereocenters. The maximum Gasteiger partial charge on any atom is 0.357 e. The van der Waals surface area contributed by atoms with Crippen molar-refractivity contribution in [3.8, 4) is 0 Å². The van der Waals surface area contributed by atoms with Gasteiger partial charge in [0.15, 0.2) is 10.8 Å². The van der Waals surface area contributed by atoms with Gasteiger partial charge in [-0.15, -0.1) is 11.3 Å². The minimum Gasteiger partial charge on any atom is -0.461 e. The topological polar surface area (TPSA) is 60.2 Å². The minimum atomic E-state index is -0.358. The van der Waals surface area contributed by atoms with Crippen molar-refractivity contribution < 1.29 is 9.53 Å². The Bertz CT molecular complexity index is 592. The Kier molecular flexibility index (Phi) is 3.20. The van der Waals surface area contributed by atoms with Gasteiger partial charge in [-0.2, -0.15) is 0 Å². The van der Waals surface area contributed by atoms with Gasteiger partial charge in [0, 0.05) is 30.9 Å². The van der Waals surface area contributed by atoms with Crippen LogP contribution in [-0.4, -0.2) is 33.7 Å². The van der Waals surface area contributed by atoms with E-state index in [9.17, 15) is 4.79 Å². The van der Waals surface area contributed by atoms with Crippen molar-refractivity contribution in [2.75, 3.05) is 18.1 Å². The fraction of sp³-hybridized carbons (Fsp3) is 0.417. The van der Waals surface area contributed by atoms with Crippen LogP contribution in [-0.2, 0) is 17.8 Å². The first-order valence-electron chi connectivity index (χ1n) is 6.15. The molecule has 2 aromatic heterocycles. The smallest absolute Gasteiger partial charge is 0.357 e. The van der Waals surface area contributed by atoms with Crippen LogP contribution in [0.1, 0.15) is 23.2 Å². The molecule has 0 aliphatic carbocycles. The van der Waals surface area contributed by atoms with Gasteiger partial charge >= 0.3 is 5.97 Å². The highest BCUT2D eigenvalue weighted by molar-refractivity contribution is 7.13. The Hall–Kier alpha value is -1.89. The lowest BCUT2D eigenvalue weighted by molar-refractivity contribution is 0.0520. The molecule has 3 heterocycles. The van der Waals surface area contributed by atoms with Gasteiger partial charge in [0.1, 0.15) is 5.82 Å². The summed E-state index contributed by atoms with van der Waals surface area (Å²) >= 11 is 1.46. The molecule has 0 aromatic carbocycles. The summed E-state index contributed by atoms with van der Waals surface area (Å²) in [6.07, 6.45) is 3.79. The Morgan fingerprint density at radius 3 is 3.26 bits per heavy atom. The maximum absolute atomic E-state index is 11.6. The van der Waals surface area contributed by atoms with E-state index >= 15 is 0 Å². The predicted molar refractivity (Wildman–Crippen MR) is 71.3 cm³/mol. The van der Waals surface area contributed by atoms with Crippen LogP contribution in [0.15, 0.2) is 17.8 Å². The van der Waals surface area contributed by atoms with E-state index in [0.29, 0.717) is 12.3 Å². The molecule has 1 aliphatic rings. The van der Waals surface area contributed by atoms with Crippen molar-refractivity contribution in [3.05, 3.63) is 29.3 Å². The van der Waals surface area contributed by atoms with Gasteiger partial charge in [-0.1, -0.05) is 0 Å². The number of imidazole rings is 1. The molecular formula is C12H14N4O2S. The molecular weight excluding hydrogens is 264 g/mol. The highest BCUT2D eigenvalue weighted by atomic mass is 32.1. The number of ether oxygens (including phenoxy) is 1. The number of esters is 1. The van der Waals surface area contributed by atoms with Gasteiger partial charge in [-0.3, -0.25) is 0 Å². The maximum atomic E-state index is 11.6. The second kappa shape index (κ2) is 5.00. The van der Waals surface area contributed by atoms with E-state index in [2.05, 4.69) is 19.4 Å². The molecule has 1 aliphatic heterocycles. The zero-order valence-electron chi connectivity index (χ0n) is 10.6. The van der Waals surface area contributed by atoms with Gasteiger partial charge < -0.3 is 14.2 Å². The molecule has 0 saturated carbocycles. The fourth-order valence-electron chi connectivity index (χ4n) is 2.05. The third-order valence-corrected chi connectivity index (χ3v) is 3.89. The molecule has 0 N–H and O–H groups in total. The van der Waals surface area contributed by atoms with E-state index in [1.165, 1.54) is 11.3 Å². The molecule has 19 heavy (non-hydrogen) atoms. The van der Waals surface area contributed by atoms with E-state index in [0.717, 1.165) is 30.6 Å². The predicted octanol–water partition coefficient (Wildman–Crippen LogP) is 1.54. The SMILES string of the molecule is CCOC(=O)c1csc(N2CCn3ccnc3C2)n1. The number of thiazole rings is 1. The molecule has 0 atom stereocenters. The van der Waals surface area contributed by atoms with Crippen LogP contribution in [0.5, 0.6) is 0 Å². The van der Waals surface area contributed by atoms with E-state index in [-0.39, 0.29) is 5.97 Å².